The summed E-state index contributed by atoms with van der Waals surface area (Å²) in [4.78, 5) is 19.4. The van der Waals surface area contributed by atoms with Crippen LogP contribution in [-0.4, -0.2) is 39.5 Å². The lowest BCUT2D eigenvalue weighted by molar-refractivity contribution is 0.0956. The van der Waals surface area contributed by atoms with E-state index in [-0.39, 0.29) is 5.91 Å². The number of carbonyl (C=O) groups is 1. The molecule has 2 heterocycles. The molecule has 1 aromatic heterocycles. The van der Waals surface area contributed by atoms with Gasteiger partial charge in [-0.3, -0.25) is 9.69 Å². The molecule has 1 aliphatic carbocycles. The molecule has 0 radical (unpaired) electrons. The van der Waals surface area contributed by atoms with Gasteiger partial charge in [0.1, 0.15) is 5.82 Å². The second kappa shape index (κ2) is 5.96. The predicted molar refractivity (Wildman–Crippen MR) is 90.4 cm³/mol. The van der Waals surface area contributed by atoms with Gasteiger partial charge >= 0.3 is 0 Å². The Bertz CT molecular complexity index is 730. The number of hydrogen-bond acceptors (Lipinski definition) is 3. The van der Waals surface area contributed by atoms with Gasteiger partial charge in [0.2, 0.25) is 0 Å². The molecule has 1 fully saturated rings. The van der Waals surface area contributed by atoms with Crippen molar-refractivity contribution in [1.82, 2.24) is 19.8 Å². The summed E-state index contributed by atoms with van der Waals surface area (Å²) in [6.45, 7) is 5.64. The van der Waals surface area contributed by atoms with Crippen molar-refractivity contribution in [3.05, 3.63) is 29.6 Å². The van der Waals surface area contributed by atoms with E-state index in [2.05, 4.69) is 14.8 Å². The summed E-state index contributed by atoms with van der Waals surface area (Å²) >= 11 is 0. The Labute approximate surface area is 136 Å². The number of amides is 1. The SMILES string of the molecule is CCNC(=O)c1ccc2c(c1)nc1n2CCN(C2CCCC2)C1. The molecule has 1 aromatic carbocycles. The van der Waals surface area contributed by atoms with Crippen LogP contribution >= 0.6 is 0 Å². The van der Waals surface area contributed by atoms with Crippen molar-refractivity contribution in [2.75, 3.05) is 13.1 Å². The van der Waals surface area contributed by atoms with Crippen molar-refractivity contribution in [1.29, 1.82) is 0 Å². The van der Waals surface area contributed by atoms with Crippen molar-refractivity contribution in [2.45, 2.75) is 51.7 Å². The molecule has 5 nitrogen and oxygen atoms in total. The second-order valence-electron chi connectivity index (χ2n) is 6.65. The number of benzene rings is 1. The molecule has 0 saturated heterocycles. The summed E-state index contributed by atoms with van der Waals surface area (Å²) in [5.74, 6) is 1.12. The standard InChI is InChI=1S/C18H24N4O/c1-2-19-18(23)13-7-8-16-15(11-13)20-17-12-21(9-10-22(16)17)14-5-3-4-6-14/h7-8,11,14H,2-6,9-10,12H2,1H3,(H,19,23). The van der Waals surface area contributed by atoms with Gasteiger partial charge in [-0.2, -0.15) is 0 Å². The molecule has 5 heteroatoms. The number of nitrogens with zero attached hydrogens (tertiary/aromatic N) is 3. The van der Waals surface area contributed by atoms with Crippen molar-refractivity contribution < 1.29 is 4.79 Å². The molecule has 4 rings (SSSR count). The third-order valence-electron chi connectivity index (χ3n) is 5.22. The zero-order valence-corrected chi connectivity index (χ0v) is 13.7. The highest BCUT2D eigenvalue weighted by Gasteiger charge is 2.27. The molecular weight excluding hydrogens is 288 g/mol. The van der Waals surface area contributed by atoms with Crippen molar-refractivity contribution in [3.8, 4) is 0 Å². The normalized spacial score (nSPS) is 19.2. The van der Waals surface area contributed by atoms with Gasteiger partial charge in [0.25, 0.3) is 5.91 Å². The van der Waals surface area contributed by atoms with Crippen LogP contribution in [0, 0.1) is 0 Å². The molecule has 0 bridgehead atoms. The van der Waals surface area contributed by atoms with Gasteiger partial charge in [-0.1, -0.05) is 12.8 Å². The molecule has 2 aromatic rings. The molecule has 1 saturated carbocycles. The molecule has 23 heavy (non-hydrogen) atoms. The molecule has 1 amide bonds. The van der Waals surface area contributed by atoms with Crippen LogP contribution in [-0.2, 0) is 13.1 Å². The van der Waals surface area contributed by atoms with Crippen LogP contribution in [0.4, 0.5) is 0 Å². The third kappa shape index (κ3) is 2.63. The number of rotatable bonds is 3. The number of fused-ring (bicyclic) bond motifs is 3. The summed E-state index contributed by atoms with van der Waals surface area (Å²) in [5.41, 5.74) is 2.79. The first-order chi connectivity index (χ1) is 11.3. The van der Waals surface area contributed by atoms with E-state index < -0.39 is 0 Å². The van der Waals surface area contributed by atoms with Crippen LogP contribution < -0.4 is 5.32 Å². The molecule has 1 N–H and O–H groups in total. The van der Waals surface area contributed by atoms with Crippen molar-refractivity contribution >= 4 is 16.9 Å². The minimum absolute atomic E-state index is 0.0204. The highest BCUT2D eigenvalue weighted by molar-refractivity contribution is 5.97. The Morgan fingerprint density at radius 2 is 2.13 bits per heavy atom. The summed E-state index contributed by atoms with van der Waals surface area (Å²) in [7, 11) is 0. The monoisotopic (exact) mass is 312 g/mol. The average Bonchev–Trinajstić information content (AvgIpc) is 3.21. The fourth-order valence-electron chi connectivity index (χ4n) is 4.02. The molecule has 0 unspecified atom stereocenters. The molecule has 2 aliphatic rings. The van der Waals surface area contributed by atoms with Crippen LogP contribution in [0.15, 0.2) is 18.2 Å². The Balaban J connectivity index is 1.62. The molecule has 0 atom stereocenters. The van der Waals surface area contributed by atoms with Crippen LogP contribution in [0.1, 0.15) is 48.8 Å². The summed E-state index contributed by atoms with van der Waals surface area (Å²) in [5, 5.41) is 2.85. The first-order valence-electron chi connectivity index (χ1n) is 8.77. The number of aromatic nitrogens is 2. The van der Waals surface area contributed by atoms with E-state index in [9.17, 15) is 4.79 Å². The minimum Gasteiger partial charge on any atom is -0.352 e. The van der Waals surface area contributed by atoms with Gasteiger partial charge < -0.3 is 9.88 Å². The zero-order chi connectivity index (χ0) is 15.8. The quantitative estimate of drug-likeness (QED) is 0.947. The minimum atomic E-state index is -0.0204. The topological polar surface area (TPSA) is 50.2 Å². The third-order valence-corrected chi connectivity index (χ3v) is 5.22. The second-order valence-corrected chi connectivity index (χ2v) is 6.65. The highest BCUT2D eigenvalue weighted by Crippen LogP contribution is 2.28. The van der Waals surface area contributed by atoms with E-state index in [1.165, 1.54) is 25.7 Å². The van der Waals surface area contributed by atoms with E-state index in [1.807, 2.05) is 25.1 Å². The lowest BCUT2D eigenvalue weighted by atomic mass is 10.1. The van der Waals surface area contributed by atoms with Crippen molar-refractivity contribution in [3.63, 3.8) is 0 Å². The summed E-state index contributed by atoms with van der Waals surface area (Å²) in [6.07, 6.45) is 5.41. The lowest BCUT2D eigenvalue weighted by Crippen LogP contribution is -2.39. The smallest absolute Gasteiger partial charge is 0.251 e. The Kier molecular flexibility index (Phi) is 3.81. The molecule has 122 valence electrons. The van der Waals surface area contributed by atoms with Crippen LogP contribution in [0.25, 0.3) is 11.0 Å². The predicted octanol–water partition coefficient (Wildman–Crippen LogP) is 2.54. The Hall–Kier alpha value is -1.88. The van der Waals surface area contributed by atoms with E-state index in [0.717, 1.165) is 42.5 Å². The van der Waals surface area contributed by atoms with Gasteiger partial charge in [0.15, 0.2) is 0 Å². The van der Waals surface area contributed by atoms with Crippen LogP contribution in [0.5, 0.6) is 0 Å². The fraction of sp³-hybridized carbons (Fsp3) is 0.556. The molecule has 0 spiro atoms. The van der Waals surface area contributed by atoms with Gasteiger partial charge in [-0.25, -0.2) is 4.98 Å². The van der Waals surface area contributed by atoms with Gasteiger partial charge in [0, 0.05) is 31.2 Å². The highest BCUT2D eigenvalue weighted by atomic mass is 16.1. The average molecular weight is 312 g/mol. The number of imidazole rings is 1. The Morgan fingerprint density at radius 1 is 1.30 bits per heavy atom. The number of nitrogens with one attached hydrogen (secondary N) is 1. The van der Waals surface area contributed by atoms with Gasteiger partial charge in [0.05, 0.1) is 17.6 Å². The maximum Gasteiger partial charge on any atom is 0.251 e. The summed E-state index contributed by atoms with van der Waals surface area (Å²) in [6, 6.07) is 6.62. The first-order valence-corrected chi connectivity index (χ1v) is 8.77. The lowest BCUT2D eigenvalue weighted by Gasteiger charge is -2.32. The number of hydrogen-bond donors (Lipinski definition) is 1. The van der Waals surface area contributed by atoms with E-state index in [4.69, 9.17) is 4.98 Å². The van der Waals surface area contributed by atoms with Gasteiger partial charge in [-0.15, -0.1) is 0 Å². The zero-order valence-electron chi connectivity index (χ0n) is 13.7. The maximum absolute atomic E-state index is 12.0. The number of carbonyl (C=O) groups excluding carboxylic acids is 1. The fourth-order valence-corrected chi connectivity index (χ4v) is 4.02. The first kappa shape index (κ1) is 14.7. The van der Waals surface area contributed by atoms with Crippen LogP contribution in [0.2, 0.25) is 0 Å². The largest absolute Gasteiger partial charge is 0.352 e. The van der Waals surface area contributed by atoms with Gasteiger partial charge in [-0.05, 0) is 38.0 Å². The van der Waals surface area contributed by atoms with E-state index >= 15 is 0 Å². The van der Waals surface area contributed by atoms with Crippen molar-refractivity contribution in [2.24, 2.45) is 0 Å². The Morgan fingerprint density at radius 3 is 2.91 bits per heavy atom. The van der Waals surface area contributed by atoms with E-state index in [0.29, 0.717) is 12.1 Å². The van der Waals surface area contributed by atoms with E-state index in [1.54, 1.807) is 0 Å². The van der Waals surface area contributed by atoms with Crippen LogP contribution in [0.3, 0.4) is 0 Å². The molecule has 1 aliphatic heterocycles. The summed E-state index contributed by atoms with van der Waals surface area (Å²) < 4.78 is 2.32. The molecular formula is C18H24N4O. The maximum atomic E-state index is 12.0.